The van der Waals surface area contributed by atoms with Crippen LogP contribution in [0.1, 0.15) is 30.9 Å². The van der Waals surface area contributed by atoms with Crippen LogP contribution in [0.2, 0.25) is 0 Å². The van der Waals surface area contributed by atoms with Crippen LogP contribution in [0.15, 0.2) is 28.6 Å². The number of carbonyl (C=O) groups excluding carboxylic acids is 1. The van der Waals surface area contributed by atoms with Crippen molar-refractivity contribution in [3.63, 3.8) is 0 Å². The highest BCUT2D eigenvalue weighted by atomic mass is 32.2. The molecule has 1 N–H and O–H groups in total. The number of carbonyl (C=O) groups is 1. The zero-order chi connectivity index (χ0) is 17.4. The maximum absolute atomic E-state index is 12.3. The molecule has 0 unspecified atom stereocenters. The molecule has 1 aromatic heterocycles. The van der Waals surface area contributed by atoms with Crippen molar-refractivity contribution in [2.45, 2.75) is 37.6 Å². The Labute approximate surface area is 151 Å². The molecule has 0 saturated carbocycles. The van der Waals surface area contributed by atoms with Crippen molar-refractivity contribution in [3.8, 4) is 0 Å². The van der Waals surface area contributed by atoms with Gasteiger partial charge in [-0.25, -0.2) is 0 Å². The van der Waals surface area contributed by atoms with E-state index in [1.807, 2.05) is 19.2 Å². The lowest BCUT2D eigenvalue weighted by Gasteiger charge is -2.18. The molecule has 7 heteroatoms. The minimum absolute atomic E-state index is 0.0962. The summed E-state index contributed by atoms with van der Waals surface area (Å²) < 4.78 is 0.826. The van der Waals surface area contributed by atoms with E-state index in [1.54, 1.807) is 4.90 Å². The Morgan fingerprint density at radius 1 is 1.33 bits per heavy atom. The summed E-state index contributed by atoms with van der Waals surface area (Å²) in [7, 11) is 1.84. The van der Waals surface area contributed by atoms with Gasteiger partial charge in [-0.3, -0.25) is 4.79 Å². The zero-order valence-corrected chi connectivity index (χ0v) is 16.0. The molecule has 2 rings (SSSR count). The number of benzene rings is 1. The van der Waals surface area contributed by atoms with Gasteiger partial charge in [0.25, 0.3) is 0 Å². The van der Waals surface area contributed by atoms with Gasteiger partial charge in [-0.2, -0.15) is 0 Å². The van der Waals surface area contributed by atoms with Gasteiger partial charge in [0.15, 0.2) is 4.34 Å². The number of nitrogens with zero attached hydrogens (tertiary/aromatic N) is 3. The summed E-state index contributed by atoms with van der Waals surface area (Å²) in [5.41, 5.74) is 2.38. The molecule has 0 aliphatic rings. The Balaban J connectivity index is 1.79. The average Bonchev–Trinajstić information content (AvgIpc) is 3.03. The number of anilines is 1. The second kappa shape index (κ2) is 9.64. The molecule has 5 nitrogen and oxygen atoms in total. The first-order valence-electron chi connectivity index (χ1n) is 8.08. The van der Waals surface area contributed by atoms with Crippen LogP contribution >= 0.6 is 23.1 Å². The smallest absolute Gasteiger partial charge is 0.233 e. The monoisotopic (exact) mass is 364 g/mol. The fraction of sp³-hybridized carbons (Fsp3) is 0.471. The summed E-state index contributed by atoms with van der Waals surface area (Å²) in [6.45, 7) is 5.76. The quantitative estimate of drug-likeness (QED) is 0.542. The van der Waals surface area contributed by atoms with Gasteiger partial charge in [-0.05, 0) is 24.5 Å². The summed E-state index contributed by atoms with van der Waals surface area (Å²) in [6, 6.07) is 8.14. The van der Waals surface area contributed by atoms with Gasteiger partial charge in [0.1, 0.15) is 0 Å². The normalized spacial score (nSPS) is 10.6. The Morgan fingerprint density at radius 2 is 2.12 bits per heavy atom. The van der Waals surface area contributed by atoms with Crippen LogP contribution in [0, 0.1) is 6.92 Å². The molecule has 130 valence electrons. The van der Waals surface area contributed by atoms with Crippen LogP contribution in [-0.2, 0) is 11.3 Å². The molecule has 0 radical (unpaired) electrons. The van der Waals surface area contributed by atoms with Crippen molar-refractivity contribution < 1.29 is 4.79 Å². The van der Waals surface area contributed by atoms with Gasteiger partial charge < -0.3 is 10.2 Å². The van der Waals surface area contributed by atoms with Gasteiger partial charge in [-0.15, -0.1) is 10.2 Å². The molecule has 24 heavy (non-hydrogen) atoms. The van der Waals surface area contributed by atoms with E-state index < -0.39 is 0 Å². The van der Waals surface area contributed by atoms with E-state index in [1.165, 1.54) is 34.2 Å². The third kappa shape index (κ3) is 5.79. The van der Waals surface area contributed by atoms with E-state index in [2.05, 4.69) is 41.5 Å². The van der Waals surface area contributed by atoms with Crippen molar-refractivity contribution in [2.24, 2.45) is 0 Å². The number of nitrogens with one attached hydrogen (secondary N) is 1. The fourth-order valence-corrected chi connectivity index (χ4v) is 3.79. The minimum atomic E-state index is 0.0962. The number of hydrogen-bond donors (Lipinski definition) is 1. The molecular weight excluding hydrogens is 340 g/mol. The number of aryl methyl sites for hydroxylation is 1. The van der Waals surface area contributed by atoms with Crippen LogP contribution in [-0.4, -0.2) is 40.3 Å². The number of aromatic nitrogens is 2. The van der Waals surface area contributed by atoms with Crippen LogP contribution in [0.4, 0.5) is 5.13 Å². The van der Waals surface area contributed by atoms with Gasteiger partial charge in [0.05, 0.1) is 5.75 Å². The first-order valence-corrected chi connectivity index (χ1v) is 9.89. The highest BCUT2D eigenvalue weighted by Gasteiger charge is 2.13. The predicted octanol–water partition coefficient (Wildman–Crippen LogP) is 3.81. The van der Waals surface area contributed by atoms with E-state index in [9.17, 15) is 4.79 Å². The molecule has 1 amide bonds. The van der Waals surface area contributed by atoms with Crippen LogP contribution < -0.4 is 5.32 Å². The van der Waals surface area contributed by atoms with Crippen molar-refractivity contribution >= 4 is 34.1 Å². The number of unbranched alkanes of at least 4 members (excludes halogenated alkanes) is 1. The third-order valence-corrected chi connectivity index (χ3v) is 5.63. The maximum atomic E-state index is 12.3. The molecule has 2 aromatic rings. The van der Waals surface area contributed by atoms with E-state index in [4.69, 9.17) is 0 Å². The summed E-state index contributed by atoms with van der Waals surface area (Å²) in [6.07, 6.45) is 2.26. The highest BCUT2D eigenvalue weighted by molar-refractivity contribution is 8.01. The lowest BCUT2D eigenvalue weighted by Crippen LogP contribution is -2.28. The lowest BCUT2D eigenvalue weighted by atomic mass is 10.1. The average molecular weight is 365 g/mol. The molecule has 0 aliphatic carbocycles. The highest BCUT2D eigenvalue weighted by Crippen LogP contribution is 2.25. The van der Waals surface area contributed by atoms with Crippen LogP contribution in [0.25, 0.3) is 0 Å². The fourth-order valence-electron chi connectivity index (χ4n) is 2.08. The standard InChI is InChI=1S/C17H24N4OS2/c1-4-5-10-18-16-19-20-17(24-16)23-12-15(22)21(3)11-14-9-7-6-8-13(14)2/h6-9H,4-5,10-12H2,1-3H3,(H,18,19). The molecule has 0 bridgehead atoms. The predicted molar refractivity (Wildman–Crippen MR) is 102 cm³/mol. The second-order valence-corrected chi connectivity index (χ2v) is 7.82. The first-order chi connectivity index (χ1) is 11.6. The Hall–Kier alpha value is -1.60. The van der Waals surface area contributed by atoms with Gasteiger partial charge in [0, 0.05) is 20.1 Å². The topological polar surface area (TPSA) is 58.1 Å². The summed E-state index contributed by atoms with van der Waals surface area (Å²) in [5.74, 6) is 0.477. The number of rotatable bonds is 9. The van der Waals surface area contributed by atoms with E-state index >= 15 is 0 Å². The molecule has 0 spiro atoms. The zero-order valence-electron chi connectivity index (χ0n) is 14.4. The van der Waals surface area contributed by atoms with Crippen LogP contribution in [0.3, 0.4) is 0 Å². The van der Waals surface area contributed by atoms with Crippen molar-refractivity contribution in [2.75, 3.05) is 24.7 Å². The summed E-state index contributed by atoms with van der Waals surface area (Å²) in [5, 5.41) is 12.3. The van der Waals surface area contributed by atoms with E-state index in [0.717, 1.165) is 28.9 Å². The Kier molecular flexibility index (Phi) is 7.52. The molecule has 1 heterocycles. The summed E-state index contributed by atoms with van der Waals surface area (Å²) >= 11 is 2.95. The van der Waals surface area contributed by atoms with Gasteiger partial charge >= 0.3 is 0 Å². The van der Waals surface area contributed by atoms with Crippen molar-refractivity contribution in [1.29, 1.82) is 0 Å². The lowest BCUT2D eigenvalue weighted by molar-refractivity contribution is -0.127. The Bertz CT molecular complexity index is 660. The molecule has 0 atom stereocenters. The molecule has 0 fully saturated rings. The van der Waals surface area contributed by atoms with Crippen molar-refractivity contribution in [1.82, 2.24) is 15.1 Å². The molecule has 0 saturated heterocycles. The summed E-state index contributed by atoms with van der Waals surface area (Å²) in [4.78, 5) is 14.1. The Morgan fingerprint density at radius 3 is 2.88 bits per heavy atom. The number of hydrogen-bond acceptors (Lipinski definition) is 6. The van der Waals surface area contributed by atoms with E-state index in [0.29, 0.717) is 12.3 Å². The van der Waals surface area contributed by atoms with Crippen molar-refractivity contribution in [3.05, 3.63) is 35.4 Å². The maximum Gasteiger partial charge on any atom is 0.233 e. The molecular formula is C17H24N4OS2. The van der Waals surface area contributed by atoms with E-state index in [-0.39, 0.29) is 5.91 Å². The largest absolute Gasteiger partial charge is 0.360 e. The minimum Gasteiger partial charge on any atom is -0.360 e. The van der Waals surface area contributed by atoms with Crippen LogP contribution in [0.5, 0.6) is 0 Å². The van der Waals surface area contributed by atoms with Gasteiger partial charge in [0.2, 0.25) is 11.0 Å². The number of amides is 1. The number of thioether (sulfide) groups is 1. The molecule has 0 aliphatic heterocycles. The van der Waals surface area contributed by atoms with Gasteiger partial charge in [-0.1, -0.05) is 60.7 Å². The second-order valence-electron chi connectivity index (χ2n) is 5.62. The third-order valence-electron chi connectivity index (χ3n) is 3.63. The SMILES string of the molecule is CCCCNc1nnc(SCC(=O)N(C)Cc2ccccc2C)s1. The first kappa shape index (κ1) is 18.7. The molecule has 1 aromatic carbocycles.